The molecule has 0 aromatic carbocycles. The first-order valence-corrected chi connectivity index (χ1v) is 6.33. The van der Waals surface area contributed by atoms with E-state index in [9.17, 15) is 4.79 Å². The van der Waals surface area contributed by atoms with Crippen LogP contribution in [0.25, 0.3) is 0 Å². The number of carbonyl (C=O) groups excluding carboxylic acids is 1. The number of ether oxygens (including phenoxy) is 1. The zero-order valence-corrected chi connectivity index (χ0v) is 11.4. The summed E-state index contributed by atoms with van der Waals surface area (Å²) < 4.78 is 5.20. The van der Waals surface area contributed by atoms with Crippen LogP contribution in [0.5, 0.6) is 0 Å². The third-order valence-electron chi connectivity index (χ3n) is 1.25. The normalized spacial score (nSPS) is 13.9. The molecule has 0 bridgehead atoms. The Morgan fingerprint density at radius 2 is 2.00 bits per heavy atom. The lowest BCUT2D eigenvalue weighted by Crippen LogP contribution is -2.29. The molecule has 0 aliphatic heterocycles. The van der Waals surface area contributed by atoms with Crippen molar-refractivity contribution >= 4 is 37.8 Å². The fourth-order valence-corrected chi connectivity index (χ4v) is 1.48. The topological polar surface area (TPSA) is 26.3 Å². The van der Waals surface area contributed by atoms with Gasteiger partial charge in [-0.15, -0.1) is 0 Å². The van der Waals surface area contributed by atoms with Gasteiger partial charge in [0, 0.05) is 5.33 Å². The maximum atomic E-state index is 11.4. The largest absolute Gasteiger partial charge is 0.459 e. The zero-order valence-electron chi connectivity index (χ0n) is 8.27. The highest BCUT2D eigenvalue weighted by atomic mass is 79.9. The highest BCUT2D eigenvalue weighted by Gasteiger charge is 2.22. The van der Waals surface area contributed by atoms with Crippen molar-refractivity contribution in [1.82, 2.24) is 0 Å². The van der Waals surface area contributed by atoms with Crippen LogP contribution in [-0.2, 0) is 9.53 Å². The Balaban J connectivity index is 3.83. The molecule has 0 aromatic heterocycles. The highest BCUT2D eigenvalue weighted by Crippen LogP contribution is 2.16. The van der Waals surface area contributed by atoms with Gasteiger partial charge in [0.1, 0.15) is 10.4 Å². The Labute approximate surface area is 96.7 Å². The Bertz CT molecular complexity index is 163. The van der Waals surface area contributed by atoms with E-state index in [1.54, 1.807) is 0 Å². The number of alkyl halides is 2. The quantitative estimate of drug-likeness (QED) is 0.588. The molecule has 13 heavy (non-hydrogen) atoms. The van der Waals surface area contributed by atoms with Gasteiger partial charge in [0.25, 0.3) is 0 Å². The van der Waals surface area contributed by atoms with Gasteiger partial charge >= 0.3 is 5.97 Å². The summed E-state index contributed by atoms with van der Waals surface area (Å²) in [7, 11) is 0. The van der Waals surface area contributed by atoms with E-state index < -0.39 is 5.60 Å². The van der Waals surface area contributed by atoms with Gasteiger partial charge in [-0.25, -0.2) is 0 Å². The summed E-state index contributed by atoms with van der Waals surface area (Å²) in [6.07, 6.45) is 1.77. The monoisotopic (exact) mass is 314 g/mol. The number of hydrogen-bond donors (Lipinski definition) is 0. The van der Waals surface area contributed by atoms with E-state index in [0.717, 1.165) is 18.2 Å². The third-order valence-corrected chi connectivity index (χ3v) is 2.65. The number of halogens is 2. The number of rotatable bonds is 4. The second-order valence-electron chi connectivity index (χ2n) is 3.83. The van der Waals surface area contributed by atoms with Gasteiger partial charge in [0.15, 0.2) is 0 Å². The van der Waals surface area contributed by atoms with Gasteiger partial charge in [0.2, 0.25) is 0 Å². The molecule has 78 valence electrons. The van der Waals surface area contributed by atoms with Crippen molar-refractivity contribution in [1.29, 1.82) is 0 Å². The van der Waals surface area contributed by atoms with Crippen molar-refractivity contribution in [2.75, 3.05) is 5.33 Å². The predicted octanol–water partition coefficient (Wildman–Crippen LogP) is 3.27. The first-order chi connectivity index (χ1) is 5.87. The molecular formula is C9H16Br2O2. The van der Waals surface area contributed by atoms with E-state index in [2.05, 4.69) is 31.9 Å². The van der Waals surface area contributed by atoms with Gasteiger partial charge in [-0.05, 0) is 33.6 Å². The van der Waals surface area contributed by atoms with Crippen LogP contribution < -0.4 is 0 Å². The minimum Gasteiger partial charge on any atom is -0.459 e. The fourth-order valence-electron chi connectivity index (χ4n) is 0.740. The lowest BCUT2D eigenvalue weighted by molar-refractivity contribution is -0.154. The van der Waals surface area contributed by atoms with E-state index in [0.29, 0.717) is 0 Å². The molecule has 0 fully saturated rings. The standard InChI is InChI=1S/C9H16Br2O2/c1-9(2,3)13-8(12)7(11)5-4-6-10/h7H,4-6H2,1-3H3/t7-/m1/s1. The molecule has 0 saturated heterocycles. The van der Waals surface area contributed by atoms with Crippen LogP contribution in [0, 0.1) is 0 Å². The average molecular weight is 316 g/mol. The van der Waals surface area contributed by atoms with Crippen LogP contribution in [0.3, 0.4) is 0 Å². The van der Waals surface area contributed by atoms with E-state index in [-0.39, 0.29) is 10.8 Å². The van der Waals surface area contributed by atoms with Crippen LogP contribution in [-0.4, -0.2) is 21.7 Å². The molecule has 0 aromatic rings. The van der Waals surface area contributed by atoms with E-state index in [1.807, 2.05) is 20.8 Å². The van der Waals surface area contributed by atoms with Crippen LogP contribution >= 0.6 is 31.9 Å². The summed E-state index contributed by atoms with van der Waals surface area (Å²) in [5, 5.41) is 0.915. The van der Waals surface area contributed by atoms with Crippen LogP contribution in [0.15, 0.2) is 0 Å². The SMILES string of the molecule is CC(C)(C)OC(=O)[C@H](Br)CCCBr. The molecule has 2 nitrogen and oxygen atoms in total. The summed E-state index contributed by atoms with van der Waals surface area (Å²) >= 11 is 6.62. The molecule has 0 unspecified atom stereocenters. The molecular weight excluding hydrogens is 300 g/mol. The summed E-state index contributed by atoms with van der Waals surface area (Å²) in [4.78, 5) is 11.2. The smallest absolute Gasteiger partial charge is 0.320 e. The van der Waals surface area contributed by atoms with E-state index in [4.69, 9.17) is 4.74 Å². The lowest BCUT2D eigenvalue weighted by atomic mass is 10.2. The molecule has 4 heteroatoms. The minimum absolute atomic E-state index is 0.173. The van der Waals surface area contributed by atoms with Gasteiger partial charge in [-0.3, -0.25) is 4.79 Å². The maximum Gasteiger partial charge on any atom is 0.320 e. The maximum absolute atomic E-state index is 11.4. The summed E-state index contributed by atoms with van der Waals surface area (Å²) in [6.45, 7) is 5.61. The van der Waals surface area contributed by atoms with Gasteiger partial charge in [-0.1, -0.05) is 31.9 Å². The Morgan fingerprint density at radius 3 is 2.38 bits per heavy atom. The van der Waals surface area contributed by atoms with Crippen molar-refractivity contribution in [3.63, 3.8) is 0 Å². The average Bonchev–Trinajstić information content (AvgIpc) is 1.96. The minimum atomic E-state index is -0.391. The first kappa shape index (κ1) is 13.4. The highest BCUT2D eigenvalue weighted by molar-refractivity contribution is 9.10. The number of carbonyl (C=O) groups is 1. The molecule has 0 rings (SSSR count). The molecule has 0 spiro atoms. The zero-order chi connectivity index (χ0) is 10.5. The van der Waals surface area contributed by atoms with E-state index >= 15 is 0 Å². The summed E-state index contributed by atoms with van der Waals surface area (Å²) in [5.74, 6) is -0.173. The molecule has 0 amide bonds. The van der Waals surface area contributed by atoms with Crippen LogP contribution in [0.2, 0.25) is 0 Å². The molecule has 0 aliphatic rings. The van der Waals surface area contributed by atoms with Crippen molar-refractivity contribution in [2.24, 2.45) is 0 Å². The third kappa shape index (κ3) is 7.50. The van der Waals surface area contributed by atoms with Crippen molar-refractivity contribution in [3.8, 4) is 0 Å². The Kier molecular flexibility index (Phi) is 6.21. The summed E-state index contributed by atoms with van der Waals surface area (Å²) in [5.41, 5.74) is -0.391. The predicted molar refractivity (Wildman–Crippen MR) is 61.6 cm³/mol. The Hall–Kier alpha value is 0.430. The van der Waals surface area contributed by atoms with Gasteiger partial charge in [0.05, 0.1) is 0 Å². The fraction of sp³-hybridized carbons (Fsp3) is 0.889. The van der Waals surface area contributed by atoms with Crippen LogP contribution in [0.4, 0.5) is 0 Å². The molecule has 0 N–H and O–H groups in total. The number of hydrogen-bond acceptors (Lipinski definition) is 2. The molecule has 0 saturated carbocycles. The van der Waals surface area contributed by atoms with Crippen molar-refractivity contribution < 1.29 is 9.53 Å². The molecule has 0 radical (unpaired) electrons. The molecule has 0 aliphatic carbocycles. The second kappa shape index (κ2) is 6.02. The molecule has 0 heterocycles. The van der Waals surface area contributed by atoms with Crippen LogP contribution in [0.1, 0.15) is 33.6 Å². The van der Waals surface area contributed by atoms with Crippen molar-refractivity contribution in [3.05, 3.63) is 0 Å². The van der Waals surface area contributed by atoms with Gasteiger partial charge in [-0.2, -0.15) is 0 Å². The van der Waals surface area contributed by atoms with Crippen molar-refractivity contribution in [2.45, 2.75) is 44.0 Å². The summed E-state index contributed by atoms with van der Waals surface area (Å²) in [6, 6.07) is 0. The second-order valence-corrected chi connectivity index (χ2v) is 5.73. The number of esters is 1. The van der Waals surface area contributed by atoms with Gasteiger partial charge < -0.3 is 4.74 Å². The first-order valence-electron chi connectivity index (χ1n) is 4.29. The van der Waals surface area contributed by atoms with E-state index in [1.165, 1.54) is 0 Å². The molecule has 1 atom stereocenters. The lowest BCUT2D eigenvalue weighted by Gasteiger charge is -2.21. The Morgan fingerprint density at radius 1 is 1.46 bits per heavy atom.